The lowest BCUT2D eigenvalue weighted by Gasteiger charge is -2.34. The van der Waals surface area contributed by atoms with Crippen LogP contribution in [0.25, 0.3) is 0 Å². The Labute approximate surface area is 135 Å². The van der Waals surface area contributed by atoms with Crippen LogP contribution in [0, 0.1) is 0 Å². The van der Waals surface area contributed by atoms with Gasteiger partial charge in [-0.15, -0.1) is 0 Å². The van der Waals surface area contributed by atoms with Gasteiger partial charge in [-0.2, -0.15) is 0 Å². The molecule has 1 fully saturated rings. The highest BCUT2D eigenvalue weighted by Gasteiger charge is 2.23. The molecule has 0 aliphatic carbocycles. The molecule has 6 nitrogen and oxygen atoms in total. The fourth-order valence-corrected chi connectivity index (χ4v) is 3.72. The van der Waals surface area contributed by atoms with Gasteiger partial charge < -0.3 is 10.0 Å². The van der Waals surface area contributed by atoms with Crippen LogP contribution in [0.1, 0.15) is 10.4 Å². The molecule has 1 amide bonds. The molecule has 1 aromatic carbocycles. The van der Waals surface area contributed by atoms with Crippen LogP contribution < -0.4 is 0 Å². The van der Waals surface area contributed by atoms with Gasteiger partial charge in [0.15, 0.2) is 9.84 Å². The van der Waals surface area contributed by atoms with Crippen molar-refractivity contribution in [1.82, 2.24) is 9.80 Å². The lowest BCUT2D eigenvalue weighted by Crippen LogP contribution is -2.49. The van der Waals surface area contributed by atoms with Gasteiger partial charge in [-0.25, -0.2) is 8.42 Å². The third kappa shape index (κ3) is 3.98. The highest BCUT2D eigenvalue weighted by molar-refractivity contribution is 7.90. The molecule has 122 valence electrons. The summed E-state index contributed by atoms with van der Waals surface area (Å²) < 4.78 is 23.4. The molecule has 1 saturated heterocycles. The van der Waals surface area contributed by atoms with Crippen molar-refractivity contribution >= 4 is 27.3 Å². The van der Waals surface area contributed by atoms with Crippen LogP contribution in [0.4, 0.5) is 0 Å². The Kier molecular flexibility index (Phi) is 5.44. The van der Waals surface area contributed by atoms with Gasteiger partial charge in [-0.1, -0.05) is 11.6 Å². The van der Waals surface area contributed by atoms with Gasteiger partial charge in [0.2, 0.25) is 0 Å². The second-order valence-electron chi connectivity index (χ2n) is 5.27. The normalized spacial score (nSPS) is 16.8. The van der Waals surface area contributed by atoms with Gasteiger partial charge in [-0.05, 0) is 18.2 Å². The third-order valence-corrected chi connectivity index (χ3v) is 5.23. The molecular formula is C14H19ClN2O4S. The molecule has 0 bridgehead atoms. The zero-order valence-electron chi connectivity index (χ0n) is 12.3. The summed E-state index contributed by atoms with van der Waals surface area (Å²) in [6, 6.07) is 4.31. The van der Waals surface area contributed by atoms with Crippen molar-refractivity contribution in [3.8, 4) is 0 Å². The van der Waals surface area contributed by atoms with Gasteiger partial charge in [0.05, 0.1) is 16.5 Å². The third-order valence-electron chi connectivity index (χ3n) is 3.65. The average molecular weight is 347 g/mol. The van der Waals surface area contributed by atoms with E-state index >= 15 is 0 Å². The van der Waals surface area contributed by atoms with E-state index < -0.39 is 9.84 Å². The van der Waals surface area contributed by atoms with E-state index in [0.29, 0.717) is 38.3 Å². The Hall–Kier alpha value is -1.15. The van der Waals surface area contributed by atoms with Crippen LogP contribution in [0.5, 0.6) is 0 Å². The highest BCUT2D eigenvalue weighted by atomic mass is 35.5. The molecule has 0 saturated carbocycles. The number of β-amino-alcohol motifs (C(OH)–C–C–N with tert-alkyl or cyclic N) is 1. The summed E-state index contributed by atoms with van der Waals surface area (Å²) in [5, 5.41) is 9.03. The molecular weight excluding hydrogens is 328 g/mol. The minimum atomic E-state index is -3.48. The summed E-state index contributed by atoms with van der Waals surface area (Å²) in [5.74, 6) is -0.204. The van der Waals surface area contributed by atoms with Crippen molar-refractivity contribution in [2.75, 3.05) is 45.6 Å². The molecule has 1 aliphatic rings. The zero-order chi connectivity index (χ0) is 16.3. The summed E-state index contributed by atoms with van der Waals surface area (Å²) in [5.41, 5.74) is 0.320. The number of halogens is 1. The van der Waals surface area contributed by atoms with Crippen molar-refractivity contribution in [2.24, 2.45) is 0 Å². The molecule has 8 heteroatoms. The molecule has 0 spiro atoms. The predicted molar refractivity (Wildman–Crippen MR) is 84.0 cm³/mol. The topological polar surface area (TPSA) is 77.9 Å². The molecule has 0 atom stereocenters. The zero-order valence-corrected chi connectivity index (χ0v) is 13.9. The summed E-state index contributed by atoms with van der Waals surface area (Å²) >= 11 is 5.89. The van der Waals surface area contributed by atoms with E-state index in [1.54, 1.807) is 11.0 Å². The number of carbonyl (C=O) groups excluding carboxylic acids is 1. The summed E-state index contributed by atoms with van der Waals surface area (Å²) in [6.07, 6.45) is 1.07. The standard InChI is InChI=1S/C14H19ClN2O4S/c1-22(20,21)13-10-11(2-3-12(13)15)14(19)17-6-4-16(5-7-17)8-9-18/h2-3,10,18H,4-9H2,1H3. The number of hydrogen-bond donors (Lipinski definition) is 1. The number of aliphatic hydroxyl groups excluding tert-OH is 1. The van der Waals surface area contributed by atoms with Crippen molar-refractivity contribution in [1.29, 1.82) is 0 Å². The van der Waals surface area contributed by atoms with E-state index in [0.717, 1.165) is 6.26 Å². The molecule has 1 N–H and O–H groups in total. The summed E-state index contributed by atoms with van der Waals surface area (Å²) in [7, 11) is -3.48. The van der Waals surface area contributed by atoms with E-state index in [-0.39, 0.29) is 22.4 Å². The van der Waals surface area contributed by atoms with E-state index in [1.165, 1.54) is 12.1 Å². The van der Waals surface area contributed by atoms with Gasteiger partial charge in [0, 0.05) is 44.5 Å². The molecule has 22 heavy (non-hydrogen) atoms. The average Bonchev–Trinajstić information content (AvgIpc) is 2.47. The van der Waals surface area contributed by atoms with E-state index in [1.807, 2.05) is 0 Å². The highest BCUT2D eigenvalue weighted by Crippen LogP contribution is 2.23. The first-order valence-corrected chi connectivity index (χ1v) is 9.22. The van der Waals surface area contributed by atoms with Gasteiger partial charge in [0.25, 0.3) is 5.91 Å². The molecule has 0 unspecified atom stereocenters. The van der Waals surface area contributed by atoms with Crippen molar-refractivity contribution in [3.05, 3.63) is 28.8 Å². The van der Waals surface area contributed by atoms with Crippen LogP contribution >= 0.6 is 11.6 Å². The number of amides is 1. The SMILES string of the molecule is CS(=O)(=O)c1cc(C(=O)N2CCN(CCO)CC2)ccc1Cl. The van der Waals surface area contributed by atoms with Crippen LogP contribution in [0.3, 0.4) is 0 Å². The number of rotatable bonds is 4. The predicted octanol–water partition coefficient (Wildman–Crippen LogP) is 0.494. The van der Waals surface area contributed by atoms with Crippen LogP contribution in [-0.2, 0) is 9.84 Å². The van der Waals surface area contributed by atoms with Crippen LogP contribution in [0.15, 0.2) is 23.1 Å². The van der Waals surface area contributed by atoms with Crippen LogP contribution in [-0.4, -0.2) is 74.8 Å². The maximum absolute atomic E-state index is 12.5. The fourth-order valence-electron chi connectivity index (χ4n) is 2.42. The lowest BCUT2D eigenvalue weighted by molar-refractivity contribution is 0.0615. The van der Waals surface area contributed by atoms with Gasteiger partial charge in [0.1, 0.15) is 0 Å². The van der Waals surface area contributed by atoms with Crippen molar-refractivity contribution in [3.63, 3.8) is 0 Å². The summed E-state index contributed by atoms with van der Waals surface area (Å²) in [6.45, 7) is 3.19. The molecule has 2 rings (SSSR count). The number of aliphatic hydroxyl groups is 1. The molecule has 1 aromatic rings. The first-order valence-electron chi connectivity index (χ1n) is 6.95. The minimum absolute atomic E-state index is 0.0288. The quantitative estimate of drug-likeness (QED) is 0.858. The Morgan fingerprint density at radius 2 is 1.91 bits per heavy atom. The van der Waals surface area contributed by atoms with E-state index in [2.05, 4.69) is 4.90 Å². The van der Waals surface area contributed by atoms with Crippen molar-refractivity contribution < 1.29 is 18.3 Å². The maximum Gasteiger partial charge on any atom is 0.253 e. The Bertz CT molecular complexity index is 655. The lowest BCUT2D eigenvalue weighted by atomic mass is 10.2. The Morgan fingerprint density at radius 1 is 1.27 bits per heavy atom. The Balaban J connectivity index is 2.14. The number of piperazine rings is 1. The second-order valence-corrected chi connectivity index (χ2v) is 7.67. The minimum Gasteiger partial charge on any atom is -0.395 e. The Morgan fingerprint density at radius 3 is 2.45 bits per heavy atom. The molecule has 1 heterocycles. The molecule has 0 radical (unpaired) electrons. The maximum atomic E-state index is 12.5. The number of hydrogen-bond acceptors (Lipinski definition) is 5. The van der Waals surface area contributed by atoms with Crippen molar-refractivity contribution in [2.45, 2.75) is 4.90 Å². The molecule has 0 aromatic heterocycles. The van der Waals surface area contributed by atoms with Crippen LogP contribution in [0.2, 0.25) is 5.02 Å². The fraction of sp³-hybridized carbons (Fsp3) is 0.500. The van der Waals surface area contributed by atoms with E-state index in [9.17, 15) is 13.2 Å². The monoisotopic (exact) mass is 346 g/mol. The smallest absolute Gasteiger partial charge is 0.253 e. The van der Waals surface area contributed by atoms with E-state index in [4.69, 9.17) is 16.7 Å². The van der Waals surface area contributed by atoms with Gasteiger partial charge in [-0.3, -0.25) is 9.69 Å². The number of benzene rings is 1. The summed E-state index contributed by atoms with van der Waals surface area (Å²) in [4.78, 5) is 16.2. The first-order chi connectivity index (χ1) is 10.3. The number of sulfone groups is 1. The second kappa shape index (κ2) is 6.95. The largest absolute Gasteiger partial charge is 0.395 e. The van der Waals surface area contributed by atoms with Gasteiger partial charge >= 0.3 is 0 Å². The number of nitrogens with zero attached hydrogens (tertiary/aromatic N) is 2. The first kappa shape index (κ1) is 17.2. The number of carbonyl (C=O) groups is 1. The molecule has 1 aliphatic heterocycles.